The van der Waals surface area contributed by atoms with E-state index in [2.05, 4.69) is 0 Å². The Kier molecular flexibility index (Phi) is 6.05. The Bertz CT molecular complexity index is 899. The fourth-order valence-electron chi connectivity index (χ4n) is 3.56. The number of fused-ring (bicyclic) bond motifs is 1. The molecule has 2 aromatic rings. The molecule has 5 nitrogen and oxygen atoms in total. The number of hydrogen-bond donors (Lipinski definition) is 0. The predicted octanol–water partition coefficient (Wildman–Crippen LogP) is 3.28. The average Bonchev–Trinajstić information content (AvgIpc) is 2.65. The summed E-state index contributed by atoms with van der Waals surface area (Å²) in [7, 11) is -3.08. The Labute approximate surface area is 161 Å². The summed E-state index contributed by atoms with van der Waals surface area (Å²) in [6.45, 7) is 4.76. The summed E-state index contributed by atoms with van der Waals surface area (Å²) in [4.78, 5) is 14.1. The van der Waals surface area contributed by atoms with Crippen LogP contribution in [0.5, 0.6) is 5.75 Å². The Morgan fingerprint density at radius 3 is 2.44 bits per heavy atom. The van der Waals surface area contributed by atoms with Crippen molar-refractivity contribution < 1.29 is 17.9 Å². The van der Waals surface area contributed by atoms with Gasteiger partial charge in [-0.1, -0.05) is 44.2 Å². The molecule has 0 aromatic heterocycles. The van der Waals surface area contributed by atoms with E-state index in [4.69, 9.17) is 4.74 Å². The second-order valence-electron chi connectivity index (χ2n) is 7.60. The molecule has 1 amide bonds. The Morgan fingerprint density at radius 1 is 1.11 bits per heavy atom. The lowest BCUT2D eigenvalue weighted by Crippen LogP contribution is -2.45. The summed E-state index contributed by atoms with van der Waals surface area (Å²) >= 11 is 0. The van der Waals surface area contributed by atoms with E-state index in [1.54, 1.807) is 4.90 Å². The molecule has 0 radical (unpaired) electrons. The average molecular weight is 390 g/mol. The van der Waals surface area contributed by atoms with Gasteiger partial charge in [0.05, 0.1) is 11.0 Å². The molecule has 1 saturated heterocycles. The maximum atomic E-state index is 12.4. The van der Waals surface area contributed by atoms with Gasteiger partial charge < -0.3 is 9.64 Å². The van der Waals surface area contributed by atoms with E-state index in [0.29, 0.717) is 31.7 Å². The van der Waals surface area contributed by atoms with Gasteiger partial charge in [0.2, 0.25) is 0 Å². The second-order valence-corrected chi connectivity index (χ2v) is 9.93. The zero-order chi connectivity index (χ0) is 19.4. The minimum Gasteiger partial charge on any atom is -0.484 e. The van der Waals surface area contributed by atoms with E-state index in [0.717, 1.165) is 10.8 Å². The molecule has 0 N–H and O–H groups in total. The Balaban J connectivity index is 1.52. The maximum absolute atomic E-state index is 12.4. The fourth-order valence-corrected chi connectivity index (χ4v) is 5.69. The third kappa shape index (κ3) is 5.01. The standard InChI is InChI=1S/C21H27NO4S/c1-16(2)15-27(24,25)20-9-11-22(12-10-20)21(23)14-26-19-8-7-17-5-3-4-6-18(17)13-19/h3-8,13,16,20H,9-12,14-15H2,1-2H3. The lowest BCUT2D eigenvalue weighted by molar-refractivity contribution is -0.134. The topological polar surface area (TPSA) is 63.7 Å². The van der Waals surface area contributed by atoms with Crippen LogP contribution < -0.4 is 4.74 Å². The van der Waals surface area contributed by atoms with Crippen LogP contribution in [0.2, 0.25) is 0 Å². The third-order valence-electron chi connectivity index (χ3n) is 4.95. The van der Waals surface area contributed by atoms with E-state index in [1.165, 1.54) is 0 Å². The van der Waals surface area contributed by atoms with E-state index in [9.17, 15) is 13.2 Å². The van der Waals surface area contributed by atoms with Crippen molar-refractivity contribution in [1.29, 1.82) is 0 Å². The molecule has 0 saturated carbocycles. The highest BCUT2D eigenvalue weighted by atomic mass is 32.2. The molecule has 0 atom stereocenters. The first-order chi connectivity index (χ1) is 12.8. The quantitative estimate of drug-likeness (QED) is 0.761. The van der Waals surface area contributed by atoms with Crippen LogP contribution in [0.1, 0.15) is 26.7 Å². The van der Waals surface area contributed by atoms with E-state index < -0.39 is 9.84 Å². The summed E-state index contributed by atoms with van der Waals surface area (Å²) < 4.78 is 30.4. The third-order valence-corrected chi connectivity index (χ3v) is 7.57. The largest absolute Gasteiger partial charge is 0.484 e. The SMILES string of the molecule is CC(C)CS(=O)(=O)C1CCN(C(=O)COc2ccc3ccccc3c2)CC1. The molecule has 0 bridgehead atoms. The van der Waals surface area contributed by atoms with Crippen molar-refractivity contribution in [3.8, 4) is 5.75 Å². The number of piperidine rings is 1. The molecule has 2 aromatic carbocycles. The number of rotatable bonds is 6. The molecule has 1 fully saturated rings. The number of ether oxygens (including phenoxy) is 1. The summed E-state index contributed by atoms with van der Waals surface area (Å²) in [6, 6.07) is 13.7. The molecule has 1 aliphatic rings. The molecule has 3 rings (SSSR count). The van der Waals surface area contributed by atoms with E-state index >= 15 is 0 Å². The van der Waals surface area contributed by atoms with Gasteiger partial charge >= 0.3 is 0 Å². The van der Waals surface area contributed by atoms with Crippen molar-refractivity contribution in [2.24, 2.45) is 5.92 Å². The molecular weight excluding hydrogens is 362 g/mol. The zero-order valence-electron chi connectivity index (χ0n) is 15.9. The molecule has 0 spiro atoms. The lowest BCUT2D eigenvalue weighted by atomic mass is 10.1. The van der Waals surface area contributed by atoms with Crippen LogP contribution >= 0.6 is 0 Å². The number of nitrogens with zero attached hydrogens (tertiary/aromatic N) is 1. The number of carbonyl (C=O) groups is 1. The van der Waals surface area contributed by atoms with Crippen LogP contribution in [-0.2, 0) is 14.6 Å². The number of likely N-dealkylation sites (tertiary alicyclic amines) is 1. The zero-order valence-corrected chi connectivity index (χ0v) is 16.7. The minimum atomic E-state index is -3.08. The first-order valence-corrected chi connectivity index (χ1v) is 11.2. The minimum absolute atomic E-state index is 0.0260. The summed E-state index contributed by atoms with van der Waals surface area (Å²) in [6.07, 6.45) is 1.02. The van der Waals surface area contributed by atoms with E-state index in [-0.39, 0.29) is 29.4 Å². The highest BCUT2D eigenvalue weighted by molar-refractivity contribution is 7.92. The van der Waals surface area contributed by atoms with Crippen molar-refractivity contribution in [3.63, 3.8) is 0 Å². The van der Waals surface area contributed by atoms with Gasteiger partial charge in [-0.25, -0.2) is 8.42 Å². The van der Waals surface area contributed by atoms with Gasteiger partial charge in [-0.05, 0) is 41.7 Å². The van der Waals surface area contributed by atoms with Crippen LogP contribution in [0.3, 0.4) is 0 Å². The summed E-state index contributed by atoms with van der Waals surface area (Å²) in [5, 5.41) is 1.87. The molecule has 146 valence electrons. The van der Waals surface area contributed by atoms with Crippen LogP contribution in [0.15, 0.2) is 42.5 Å². The Hall–Kier alpha value is -2.08. The smallest absolute Gasteiger partial charge is 0.260 e. The van der Waals surface area contributed by atoms with Crippen molar-refractivity contribution in [1.82, 2.24) is 4.90 Å². The van der Waals surface area contributed by atoms with Gasteiger partial charge in [0.1, 0.15) is 5.75 Å². The number of sulfone groups is 1. The molecule has 1 heterocycles. The van der Waals surface area contributed by atoms with Crippen LogP contribution in [0.25, 0.3) is 10.8 Å². The van der Waals surface area contributed by atoms with Crippen molar-refractivity contribution >= 4 is 26.5 Å². The summed E-state index contributed by atoms with van der Waals surface area (Å²) in [5.41, 5.74) is 0. The van der Waals surface area contributed by atoms with Crippen LogP contribution in [0.4, 0.5) is 0 Å². The van der Waals surface area contributed by atoms with Crippen molar-refractivity contribution in [2.75, 3.05) is 25.4 Å². The van der Waals surface area contributed by atoms with Crippen molar-refractivity contribution in [3.05, 3.63) is 42.5 Å². The van der Waals surface area contributed by atoms with Gasteiger partial charge in [0.25, 0.3) is 5.91 Å². The molecular formula is C21H27NO4S. The maximum Gasteiger partial charge on any atom is 0.260 e. The Morgan fingerprint density at radius 2 is 1.78 bits per heavy atom. The predicted molar refractivity (Wildman–Crippen MR) is 108 cm³/mol. The first kappa shape index (κ1) is 19.7. The molecule has 0 unspecified atom stereocenters. The first-order valence-electron chi connectivity index (χ1n) is 9.46. The van der Waals surface area contributed by atoms with Gasteiger partial charge in [-0.2, -0.15) is 0 Å². The molecule has 1 aliphatic heterocycles. The van der Waals surface area contributed by atoms with Gasteiger partial charge in [0, 0.05) is 13.1 Å². The molecule has 27 heavy (non-hydrogen) atoms. The number of benzene rings is 2. The van der Waals surface area contributed by atoms with Crippen LogP contribution in [0, 0.1) is 5.92 Å². The molecule has 0 aliphatic carbocycles. The number of hydrogen-bond acceptors (Lipinski definition) is 4. The van der Waals surface area contributed by atoms with E-state index in [1.807, 2.05) is 56.3 Å². The summed E-state index contributed by atoms with van der Waals surface area (Å²) in [5.74, 6) is 0.917. The molecule has 6 heteroatoms. The monoisotopic (exact) mass is 389 g/mol. The lowest BCUT2D eigenvalue weighted by Gasteiger charge is -2.32. The highest BCUT2D eigenvalue weighted by Crippen LogP contribution is 2.22. The van der Waals surface area contributed by atoms with Gasteiger partial charge in [-0.3, -0.25) is 4.79 Å². The number of amides is 1. The fraction of sp³-hybridized carbons (Fsp3) is 0.476. The van der Waals surface area contributed by atoms with Gasteiger partial charge in [0.15, 0.2) is 16.4 Å². The van der Waals surface area contributed by atoms with Crippen LogP contribution in [-0.4, -0.2) is 49.9 Å². The normalized spacial score (nSPS) is 16.0. The number of carbonyl (C=O) groups excluding carboxylic acids is 1. The van der Waals surface area contributed by atoms with Gasteiger partial charge in [-0.15, -0.1) is 0 Å². The highest BCUT2D eigenvalue weighted by Gasteiger charge is 2.31. The second kappa shape index (κ2) is 8.30. The van der Waals surface area contributed by atoms with Crippen molar-refractivity contribution in [2.45, 2.75) is 31.9 Å².